The SMILES string of the molecule is CN(C)CCc1c[nH]c2cccc(OSN)c12. The van der Waals surface area contributed by atoms with E-state index in [1.54, 1.807) is 0 Å². The standard InChI is InChI=1S/C12H17N3OS/c1-15(2)7-6-9-8-14-10-4-3-5-11(12(9)10)16-17-13/h3-5,8,14H,6-7,13H2,1-2H3. The molecule has 0 bridgehead atoms. The van der Waals surface area contributed by atoms with Gasteiger partial charge in [0.05, 0.1) is 0 Å². The first-order valence-corrected chi connectivity index (χ1v) is 6.30. The van der Waals surface area contributed by atoms with E-state index >= 15 is 0 Å². The maximum atomic E-state index is 5.39. The second kappa shape index (κ2) is 5.44. The number of likely N-dealkylation sites (N-methyl/N-ethyl adjacent to an activating group) is 1. The summed E-state index contributed by atoms with van der Waals surface area (Å²) in [4.78, 5) is 5.43. The van der Waals surface area contributed by atoms with Crippen molar-refractivity contribution in [3.63, 3.8) is 0 Å². The number of hydrogen-bond acceptors (Lipinski definition) is 4. The topological polar surface area (TPSA) is 54.3 Å². The van der Waals surface area contributed by atoms with Crippen LogP contribution in [0.25, 0.3) is 10.9 Å². The van der Waals surface area contributed by atoms with E-state index in [9.17, 15) is 0 Å². The van der Waals surface area contributed by atoms with Crippen LogP contribution in [0.4, 0.5) is 0 Å². The van der Waals surface area contributed by atoms with Gasteiger partial charge in [-0.15, -0.1) is 0 Å². The molecule has 0 spiro atoms. The van der Waals surface area contributed by atoms with E-state index in [0.717, 1.165) is 41.8 Å². The summed E-state index contributed by atoms with van der Waals surface area (Å²) >= 11 is 0.882. The maximum Gasteiger partial charge on any atom is 0.148 e. The van der Waals surface area contributed by atoms with Crippen LogP contribution < -0.4 is 9.32 Å². The average molecular weight is 251 g/mol. The fraction of sp³-hybridized carbons (Fsp3) is 0.333. The van der Waals surface area contributed by atoms with Crippen molar-refractivity contribution >= 4 is 23.1 Å². The van der Waals surface area contributed by atoms with Crippen LogP contribution in [0.1, 0.15) is 5.56 Å². The van der Waals surface area contributed by atoms with Crippen LogP contribution in [0.5, 0.6) is 5.75 Å². The molecule has 0 aliphatic rings. The van der Waals surface area contributed by atoms with Crippen LogP contribution >= 0.6 is 12.2 Å². The lowest BCUT2D eigenvalue weighted by molar-refractivity contribution is 0.414. The zero-order valence-electron chi connectivity index (χ0n) is 10.1. The molecule has 0 amide bonds. The lowest BCUT2D eigenvalue weighted by Crippen LogP contribution is -2.14. The molecule has 1 aromatic carbocycles. The van der Waals surface area contributed by atoms with Gasteiger partial charge < -0.3 is 14.1 Å². The van der Waals surface area contributed by atoms with Crippen molar-refractivity contribution in [1.82, 2.24) is 9.88 Å². The fourth-order valence-electron chi connectivity index (χ4n) is 1.88. The zero-order valence-corrected chi connectivity index (χ0v) is 10.9. The van der Waals surface area contributed by atoms with Crippen molar-refractivity contribution in [2.24, 2.45) is 5.14 Å². The molecule has 2 rings (SSSR count). The van der Waals surface area contributed by atoms with E-state index < -0.39 is 0 Å². The van der Waals surface area contributed by atoms with Crippen molar-refractivity contribution < 1.29 is 4.18 Å². The van der Waals surface area contributed by atoms with Crippen LogP contribution in [0.2, 0.25) is 0 Å². The molecule has 0 saturated carbocycles. The van der Waals surface area contributed by atoms with Gasteiger partial charge in [0.15, 0.2) is 0 Å². The van der Waals surface area contributed by atoms with Crippen molar-refractivity contribution in [2.45, 2.75) is 6.42 Å². The first kappa shape index (κ1) is 12.3. The molecule has 1 aromatic heterocycles. The number of H-pyrrole nitrogens is 1. The molecule has 1 heterocycles. The highest BCUT2D eigenvalue weighted by Gasteiger charge is 2.09. The number of rotatable bonds is 5. The molecule has 17 heavy (non-hydrogen) atoms. The molecule has 0 fully saturated rings. The van der Waals surface area contributed by atoms with Crippen LogP contribution in [0.3, 0.4) is 0 Å². The first-order chi connectivity index (χ1) is 8.22. The van der Waals surface area contributed by atoms with Crippen LogP contribution in [0.15, 0.2) is 24.4 Å². The van der Waals surface area contributed by atoms with Gasteiger partial charge in [-0.3, -0.25) is 0 Å². The van der Waals surface area contributed by atoms with Crippen LogP contribution in [-0.4, -0.2) is 30.5 Å². The molecular weight excluding hydrogens is 234 g/mol. The number of nitrogens with zero attached hydrogens (tertiary/aromatic N) is 1. The molecule has 4 nitrogen and oxygen atoms in total. The van der Waals surface area contributed by atoms with Crippen LogP contribution in [0, 0.1) is 0 Å². The van der Waals surface area contributed by atoms with Gasteiger partial charge in [-0.25, -0.2) is 5.14 Å². The molecule has 0 radical (unpaired) electrons. The van der Waals surface area contributed by atoms with Gasteiger partial charge in [-0.1, -0.05) is 6.07 Å². The van der Waals surface area contributed by atoms with E-state index in [-0.39, 0.29) is 0 Å². The van der Waals surface area contributed by atoms with Crippen molar-refractivity contribution in [3.05, 3.63) is 30.0 Å². The quantitative estimate of drug-likeness (QED) is 0.631. The second-order valence-electron chi connectivity index (χ2n) is 4.23. The third kappa shape index (κ3) is 2.74. The molecule has 0 aliphatic carbocycles. The smallest absolute Gasteiger partial charge is 0.148 e. The molecule has 3 N–H and O–H groups in total. The summed E-state index contributed by atoms with van der Waals surface area (Å²) in [5.74, 6) is 0.824. The summed E-state index contributed by atoms with van der Waals surface area (Å²) in [7, 11) is 4.14. The van der Waals surface area contributed by atoms with E-state index in [4.69, 9.17) is 9.32 Å². The van der Waals surface area contributed by atoms with Gasteiger partial charge in [0, 0.05) is 23.6 Å². The Labute approximate surface area is 105 Å². The predicted molar refractivity (Wildman–Crippen MR) is 73.0 cm³/mol. The molecule has 0 unspecified atom stereocenters. The fourth-order valence-corrected chi connectivity index (χ4v) is 2.12. The number of hydrogen-bond donors (Lipinski definition) is 2. The largest absolute Gasteiger partial charge is 0.409 e. The summed E-state index contributed by atoms with van der Waals surface area (Å²) in [6.45, 7) is 1.01. The Morgan fingerprint density at radius 1 is 1.41 bits per heavy atom. The Morgan fingerprint density at radius 2 is 2.24 bits per heavy atom. The number of aromatic nitrogens is 1. The zero-order chi connectivity index (χ0) is 12.3. The Morgan fingerprint density at radius 3 is 2.94 bits per heavy atom. The van der Waals surface area contributed by atoms with E-state index in [1.807, 2.05) is 24.4 Å². The molecule has 0 aliphatic heterocycles. The highest BCUT2D eigenvalue weighted by molar-refractivity contribution is 7.92. The Hall–Kier alpha value is -1.17. The lowest BCUT2D eigenvalue weighted by atomic mass is 10.1. The minimum absolute atomic E-state index is 0.824. The summed E-state index contributed by atoms with van der Waals surface area (Å²) in [5, 5.41) is 6.50. The van der Waals surface area contributed by atoms with Gasteiger partial charge in [0.25, 0.3) is 0 Å². The van der Waals surface area contributed by atoms with Crippen molar-refractivity contribution in [2.75, 3.05) is 20.6 Å². The van der Waals surface area contributed by atoms with Gasteiger partial charge in [0.2, 0.25) is 0 Å². The normalized spacial score (nSPS) is 11.3. The van der Waals surface area contributed by atoms with E-state index in [2.05, 4.69) is 24.0 Å². The molecule has 5 heteroatoms. The first-order valence-electron chi connectivity index (χ1n) is 5.49. The summed E-state index contributed by atoms with van der Waals surface area (Å²) in [6, 6.07) is 5.94. The van der Waals surface area contributed by atoms with E-state index in [0.29, 0.717) is 0 Å². The Balaban J connectivity index is 2.35. The third-order valence-electron chi connectivity index (χ3n) is 2.72. The minimum atomic E-state index is 0.824. The predicted octanol–water partition coefficient (Wildman–Crippen LogP) is 2.17. The maximum absolute atomic E-state index is 5.39. The summed E-state index contributed by atoms with van der Waals surface area (Å²) in [6.07, 6.45) is 3.03. The minimum Gasteiger partial charge on any atom is -0.409 e. The highest BCUT2D eigenvalue weighted by atomic mass is 32.2. The second-order valence-corrected chi connectivity index (χ2v) is 4.58. The monoisotopic (exact) mass is 251 g/mol. The number of aromatic amines is 1. The lowest BCUT2D eigenvalue weighted by Gasteiger charge is -2.09. The summed E-state index contributed by atoms with van der Waals surface area (Å²) in [5.41, 5.74) is 2.35. The Kier molecular flexibility index (Phi) is 3.93. The average Bonchev–Trinajstić information content (AvgIpc) is 2.71. The van der Waals surface area contributed by atoms with Gasteiger partial charge >= 0.3 is 0 Å². The molecule has 0 saturated heterocycles. The molecular formula is C12H17N3OS. The van der Waals surface area contributed by atoms with Gasteiger partial charge in [-0.2, -0.15) is 0 Å². The van der Waals surface area contributed by atoms with Crippen molar-refractivity contribution in [1.29, 1.82) is 0 Å². The molecule has 92 valence electrons. The number of nitrogens with two attached hydrogens (primary N) is 1. The summed E-state index contributed by atoms with van der Waals surface area (Å²) < 4.78 is 5.39. The van der Waals surface area contributed by atoms with E-state index in [1.165, 1.54) is 5.56 Å². The molecule has 2 aromatic rings. The number of benzene rings is 1. The molecule has 0 atom stereocenters. The van der Waals surface area contributed by atoms with Crippen LogP contribution in [-0.2, 0) is 6.42 Å². The number of fused-ring (bicyclic) bond motifs is 1. The van der Waals surface area contributed by atoms with Crippen molar-refractivity contribution in [3.8, 4) is 5.75 Å². The number of nitrogens with one attached hydrogen (secondary N) is 1. The van der Waals surface area contributed by atoms with Gasteiger partial charge in [0.1, 0.15) is 18.0 Å². The Bertz CT molecular complexity index is 495. The van der Waals surface area contributed by atoms with Gasteiger partial charge in [-0.05, 0) is 38.2 Å². The highest BCUT2D eigenvalue weighted by Crippen LogP contribution is 2.30. The third-order valence-corrected chi connectivity index (χ3v) is 2.99.